The van der Waals surface area contributed by atoms with Crippen molar-refractivity contribution in [2.24, 2.45) is 0 Å². The Bertz CT molecular complexity index is 682. The number of halogens is 2. The summed E-state index contributed by atoms with van der Waals surface area (Å²) in [6.45, 7) is 9.43. The van der Waals surface area contributed by atoms with Gasteiger partial charge in [0.1, 0.15) is 6.04 Å². The van der Waals surface area contributed by atoms with Crippen LogP contribution >= 0.6 is 0 Å². The standard InChI is InChI=1S/C34H66N2.2ClH/c1-9-10-11-12-13-14-15-16-17-18-19-20-21-22-23-28-34(33-27-24-26-31(2)32(33)3)36(7,8)30-25-29-35(4,5)6;;/h24,26-27,34H,9-23,25,28-30H2,1-8H3;2*1H/q+2;;/p-2. The molecule has 1 unspecified atom stereocenters. The van der Waals surface area contributed by atoms with E-state index in [4.69, 9.17) is 0 Å². The summed E-state index contributed by atoms with van der Waals surface area (Å²) < 4.78 is 2.18. The Morgan fingerprint density at radius 3 is 1.47 bits per heavy atom. The number of aryl methyl sites for hydroxylation is 1. The molecule has 1 aromatic carbocycles. The third-order valence-electron chi connectivity index (χ3n) is 8.49. The maximum absolute atomic E-state index is 2.48. The first-order chi connectivity index (χ1) is 17.1. The topological polar surface area (TPSA) is 0 Å². The van der Waals surface area contributed by atoms with Crippen molar-refractivity contribution >= 4 is 0 Å². The van der Waals surface area contributed by atoms with E-state index >= 15 is 0 Å². The number of rotatable bonds is 22. The van der Waals surface area contributed by atoms with Crippen molar-refractivity contribution in [1.82, 2.24) is 0 Å². The van der Waals surface area contributed by atoms with Gasteiger partial charge in [0.25, 0.3) is 0 Å². The molecule has 0 radical (unpaired) electrons. The lowest BCUT2D eigenvalue weighted by atomic mass is 9.91. The van der Waals surface area contributed by atoms with Crippen molar-refractivity contribution in [1.29, 1.82) is 0 Å². The summed E-state index contributed by atoms with van der Waals surface area (Å²) in [5, 5.41) is 0. The van der Waals surface area contributed by atoms with E-state index in [9.17, 15) is 0 Å². The second kappa shape index (κ2) is 22.4. The molecule has 226 valence electrons. The average molecular weight is 574 g/mol. The lowest BCUT2D eigenvalue weighted by Crippen LogP contribution is -3.00. The molecule has 0 aromatic heterocycles. The van der Waals surface area contributed by atoms with Crippen molar-refractivity contribution in [3.8, 4) is 0 Å². The molecule has 0 spiro atoms. The maximum Gasteiger partial charge on any atom is 0.114 e. The lowest BCUT2D eigenvalue weighted by Gasteiger charge is -2.40. The quantitative estimate of drug-likeness (QED) is 0.146. The van der Waals surface area contributed by atoms with Gasteiger partial charge in [-0.05, 0) is 31.4 Å². The lowest BCUT2D eigenvalue weighted by molar-refractivity contribution is -0.927. The van der Waals surface area contributed by atoms with Gasteiger partial charge in [-0.25, -0.2) is 0 Å². The van der Waals surface area contributed by atoms with Gasteiger partial charge in [0.15, 0.2) is 0 Å². The van der Waals surface area contributed by atoms with E-state index in [0.717, 1.165) is 8.97 Å². The molecule has 4 heteroatoms. The summed E-state index contributed by atoms with van der Waals surface area (Å²) in [6.07, 6.45) is 24.2. The molecule has 0 aliphatic heterocycles. The van der Waals surface area contributed by atoms with Crippen LogP contribution in [0.4, 0.5) is 0 Å². The van der Waals surface area contributed by atoms with E-state index in [1.807, 2.05) is 0 Å². The van der Waals surface area contributed by atoms with E-state index in [2.05, 4.69) is 74.2 Å². The predicted molar refractivity (Wildman–Crippen MR) is 163 cm³/mol. The largest absolute Gasteiger partial charge is 1.00 e. The van der Waals surface area contributed by atoms with Gasteiger partial charge in [0, 0.05) is 18.4 Å². The molecule has 0 saturated heterocycles. The van der Waals surface area contributed by atoms with Crippen LogP contribution in [0.2, 0.25) is 0 Å². The van der Waals surface area contributed by atoms with Gasteiger partial charge in [0.05, 0.1) is 48.3 Å². The van der Waals surface area contributed by atoms with E-state index < -0.39 is 0 Å². The number of quaternary nitrogens is 2. The summed E-state index contributed by atoms with van der Waals surface area (Å²) in [5.74, 6) is 0. The van der Waals surface area contributed by atoms with Crippen molar-refractivity contribution in [3.63, 3.8) is 0 Å². The Kier molecular flexibility index (Phi) is 23.5. The Morgan fingerprint density at radius 2 is 1.03 bits per heavy atom. The van der Waals surface area contributed by atoms with Crippen LogP contribution < -0.4 is 24.8 Å². The summed E-state index contributed by atoms with van der Waals surface area (Å²) in [5.41, 5.74) is 4.55. The average Bonchev–Trinajstić information content (AvgIpc) is 2.80. The van der Waals surface area contributed by atoms with Crippen molar-refractivity contribution in [2.75, 3.05) is 48.3 Å². The molecule has 1 aromatic rings. The molecular weight excluding hydrogens is 507 g/mol. The van der Waals surface area contributed by atoms with Crippen LogP contribution in [0.1, 0.15) is 139 Å². The Balaban J connectivity index is 0. The first-order valence-electron chi connectivity index (χ1n) is 15.8. The normalized spacial score (nSPS) is 12.6. The van der Waals surface area contributed by atoms with Gasteiger partial charge in [-0.2, -0.15) is 0 Å². The van der Waals surface area contributed by atoms with Crippen molar-refractivity contribution < 1.29 is 33.8 Å². The fraction of sp³-hybridized carbons (Fsp3) is 0.824. The van der Waals surface area contributed by atoms with Gasteiger partial charge >= 0.3 is 0 Å². The third kappa shape index (κ3) is 18.1. The molecule has 38 heavy (non-hydrogen) atoms. The zero-order chi connectivity index (χ0) is 26.9. The van der Waals surface area contributed by atoms with Gasteiger partial charge in [0.2, 0.25) is 0 Å². The minimum Gasteiger partial charge on any atom is -1.00 e. The van der Waals surface area contributed by atoms with Gasteiger partial charge in [-0.15, -0.1) is 0 Å². The molecule has 0 bridgehead atoms. The number of benzene rings is 1. The number of hydrogen-bond acceptors (Lipinski definition) is 0. The smallest absolute Gasteiger partial charge is 0.114 e. The van der Waals surface area contributed by atoms with Gasteiger partial charge in [-0.3, -0.25) is 0 Å². The molecular formula is C34H66Cl2N2. The van der Waals surface area contributed by atoms with Crippen LogP contribution in [-0.2, 0) is 0 Å². The summed E-state index contributed by atoms with van der Waals surface area (Å²) >= 11 is 0. The number of hydrogen-bond donors (Lipinski definition) is 0. The summed E-state index contributed by atoms with van der Waals surface area (Å²) in [6, 6.07) is 7.58. The van der Waals surface area contributed by atoms with Crippen LogP contribution in [-0.4, -0.2) is 57.3 Å². The van der Waals surface area contributed by atoms with Gasteiger partial charge < -0.3 is 33.8 Å². The molecule has 0 fully saturated rings. The van der Waals surface area contributed by atoms with E-state index in [0.29, 0.717) is 6.04 Å². The molecule has 0 heterocycles. The highest BCUT2D eigenvalue weighted by Gasteiger charge is 2.31. The molecule has 0 N–H and O–H groups in total. The monoisotopic (exact) mass is 572 g/mol. The molecule has 1 atom stereocenters. The van der Waals surface area contributed by atoms with Crippen LogP contribution in [0.5, 0.6) is 0 Å². The highest BCUT2D eigenvalue weighted by Crippen LogP contribution is 2.34. The first kappa shape index (κ1) is 39.9. The number of unbranched alkanes of at least 4 members (excludes halogenated alkanes) is 14. The zero-order valence-corrected chi connectivity index (χ0v) is 28.4. The Labute approximate surface area is 252 Å². The second-order valence-corrected chi connectivity index (χ2v) is 13.4. The summed E-state index contributed by atoms with van der Waals surface area (Å²) in [4.78, 5) is 0. The first-order valence-corrected chi connectivity index (χ1v) is 15.8. The van der Waals surface area contributed by atoms with Crippen LogP contribution in [0.15, 0.2) is 18.2 Å². The molecule has 0 saturated carbocycles. The Hall–Kier alpha value is -0.280. The van der Waals surface area contributed by atoms with Crippen molar-refractivity contribution in [2.45, 2.75) is 136 Å². The predicted octanol–water partition coefficient (Wildman–Crippen LogP) is 3.79. The highest BCUT2D eigenvalue weighted by atomic mass is 35.5. The molecule has 1 rings (SSSR count). The van der Waals surface area contributed by atoms with E-state index in [-0.39, 0.29) is 24.8 Å². The van der Waals surface area contributed by atoms with Crippen LogP contribution in [0.25, 0.3) is 0 Å². The highest BCUT2D eigenvalue weighted by molar-refractivity contribution is 5.34. The van der Waals surface area contributed by atoms with Crippen LogP contribution in [0.3, 0.4) is 0 Å². The zero-order valence-electron chi connectivity index (χ0n) is 26.9. The maximum atomic E-state index is 2.48. The molecule has 0 aliphatic rings. The summed E-state index contributed by atoms with van der Waals surface area (Å²) in [7, 11) is 11.9. The Morgan fingerprint density at radius 1 is 0.579 bits per heavy atom. The van der Waals surface area contributed by atoms with Crippen molar-refractivity contribution in [3.05, 3.63) is 34.9 Å². The minimum absolute atomic E-state index is 0. The molecule has 0 amide bonds. The van der Waals surface area contributed by atoms with E-state index in [1.54, 1.807) is 5.56 Å². The third-order valence-corrected chi connectivity index (χ3v) is 8.49. The van der Waals surface area contributed by atoms with Gasteiger partial charge in [-0.1, -0.05) is 115 Å². The number of nitrogens with zero attached hydrogens (tertiary/aromatic N) is 2. The fourth-order valence-corrected chi connectivity index (χ4v) is 5.83. The fourth-order valence-electron chi connectivity index (χ4n) is 5.83. The van der Waals surface area contributed by atoms with E-state index in [1.165, 1.54) is 133 Å². The second-order valence-electron chi connectivity index (χ2n) is 13.4. The molecule has 0 aliphatic carbocycles. The minimum atomic E-state index is 0. The van der Waals surface area contributed by atoms with Crippen LogP contribution in [0, 0.1) is 13.8 Å². The molecule has 2 nitrogen and oxygen atoms in total. The SMILES string of the molecule is CCCCCCCCCCCCCCCCCC(c1cccc(C)c1C)[N+](C)(C)CCC[N+](C)(C)C.[Cl-].[Cl-].